The maximum atomic E-state index is 11.4. The average Bonchev–Trinajstić information content (AvgIpc) is 2.81. The normalized spacial score (nSPS) is 11.8. The van der Waals surface area contributed by atoms with Crippen LogP contribution >= 0.6 is 12.4 Å². The second kappa shape index (κ2) is 7.08. The summed E-state index contributed by atoms with van der Waals surface area (Å²) in [5, 5.41) is 5.78. The molecule has 2 rings (SSSR count). The number of hydrogen-bond donors (Lipinski definition) is 2. The Balaban J connectivity index is 0.00000162. The van der Waals surface area contributed by atoms with Gasteiger partial charge < -0.3 is 20.1 Å². The van der Waals surface area contributed by atoms with Crippen LogP contribution in [0.25, 0.3) is 0 Å². The van der Waals surface area contributed by atoms with Crippen molar-refractivity contribution in [1.29, 1.82) is 0 Å². The van der Waals surface area contributed by atoms with Gasteiger partial charge in [-0.1, -0.05) is 6.07 Å². The Labute approximate surface area is 112 Å². The highest BCUT2D eigenvalue weighted by molar-refractivity contribution is 5.85. The highest BCUT2D eigenvalue weighted by Gasteiger charge is 2.13. The van der Waals surface area contributed by atoms with E-state index >= 15 is 0 Å². The van der Waals surface area contributed by atoms with Gasteiger partial charge in [0.2, 0.25) is 12.7 Å². The predicted molar refractivity (Wildman–Crippen MR) is 70.2 cm³/mol. The lowest BCUT2D eigenvalue weighted by Crippen LogP contribution is -2.26. The fraction of sp³-hybridized carbons (Fsp3) is 0.417. The zero-order chi connectivity index (χ0) is 12.1. The summed E-state index contributed by atoms with van der Waals surface area (Å²) in [5.41, 5.74) is 1.01. The zero-order valence-electron chi connectivity index (χ0n) is 10.2. The van der Waals surface area contributed by atoms with Gasteiger partial charge in [-0.3, -0.25) is 4.79 Å². The second-order valence-electron chi connectivity index (χ2n) is 3.82. The summed E-state index contributed by atoms with van der Waals surface area (Å²) < 4.78 is 10.5. The number of carbonyl (C=O) groups excluding carboxylic acids is 1. The number of ether oxygens (including phenoxy) is 2. The largest absolute Gasteiger partial charge is 0.454 e. The molecule has 0 saturated carbocycles. The maximum absolute atomic E-state index is 11.4. The van der Waals surface area contributed by atoms with Crippen LogP contribution in [0.15, 0.2) is 18.2 Å². The minimum absolute atomic E-state index is 0. The summed E-state index contributed by atoms with van der Waals surface area (Å²) in [6, 6.07) is 5.67. The van der Waals surface area contributed by atoms with Crippen LogP contribution < -0.4 is 20.1 Å². The monoisotopic (exact) mass is 272 g/mol. The Morgan fingerprint density at radius 2 is 2.11 bits per heavy atom. The number of halogens is 1. The molecule has 1 aromatic carbocycles. The van der Waals surface area contributed by atoms with Crippen LogP contribution in [0.3, 0.4) is 0 Å². The summed E-state index contributed by atoms with van der Waals surface area (Å²) in [5.74, 6) is 1.54. The molecule has 100 valence electrons. The fourth-order valence-electron chi connectivity index (χ4n) is 1.58. The topological polar surface area (TPSA) is 59.6 Å². The summed E-state index contributed by atoms with van der Waals surface area (Å²) in [4.78, 5) is 11.4. The van der Waals surface area contributed by atoms with E-state index in [4.69, 9.17) is 9.47 Å². The molecule has 0 radical (unpaired) electrons. The summed E-state index contributed by atoms with van der Waals surface area (Å²) in [6.07, 6.45) is 0.487. The van der Waals surface area contributed by atoms with E-state index in [9.17, 15) is 4.79 Å². The fourth-order valence-corrected chi connectivity index (χ4v) is 1.58. The van der Waals surface area contributed by atoms with E-state index in [1.165, 1.54) is 0 Å². The molecular weight excluding hydrogens is 256 g/mol. The Hall–Kier alpha value is -1.46. The predicted octanol–water partition coefficient (Wildman–Crippen LogP) is 1.06. The van der Waals surface area contributed by atoms with Crippen LogP contribution in [0.5, 0.6) is 11.5 Å². The van der Waals surface area contributed by atoms with Crippen molar-refractivity contribution in [3.63, 3.8) is 0 Å². The standard InChI is InChI=1S/C12H16N2O3.ClH/c1-13-5-4-12(15)14-7-9-2-3-10-11(6-9)17-8-16-10;/h2-3,6,13H,4-5,7-8H2,1H3,(H,14,15);1H. The van der Waals surface area contributed by atoms with E-state index in [1.807, 2.05) is 25.2 Å². The van der Waals surface area contributed by atoms with Crippen LogP contribution in [-0.2, 0) is 11.3 Å². The number of fused-ring (bicyclic) bond motifs is 1. The molecule has 1 aliphatic rings. The van der Waals surface area contributed by atoms with Crippen LogP contribution in [0, 0.1) is 0 Å². The van der Waals surface area contributed by atoms with Gasteiger partial charge in [0.25, 0.3) is 0 Å². The van der Waals surface area contributed by atoms with Crippen molar-refractivity contribution < 1.29 is 14.3 Å². The minimum Gasteiger partial charge on any atom is -0.454 e. The molecule has 0 atom stereocenters. The Kier molecular flexibility index (Phi) is 5.74. The van der Waals surface area contributed by atoms with Gasteiger partial charge in [-0.2, -0.15) is 0 Å². The van der Waals surface area contributed by atoms with E-state index < -0.39 is 0 Å². The molecule has 0 fully saturated rings. The van der Waals surface area contributed by atoms with Crippen LogP contribution in [-0.4, -0.2) is 26.3 Å². The smallest absolute Gasteiger partial charge is 0.231 e. The van der Waals surface area contributed by atoms with Crippen LogP contribution in [0.2, 0.25) is 0 Å². The number of nitrogens with one attached hydrogen (secondary N) is 2. The van der Waals surface area contributed by atoms with Crippen LogP contribution in [0.4, 0.5) is 0 Å². The van der Waals surface area contributed by atoms with Crippen molar-refractivity contribution in [1.82, 2.24) is 10.6 Å². The highest BCUT2D eigenvalue weighted by Crippen LogP contribution is 2.32. The van der Waals surface area contributed by atoms with Crippen molar-refractivity contribution >= 4 is 18.3 Å². The lowest BCUT2D eigenvalue weighted by molar-refractivity contribution is -0.121. The van der Waals surface area contributed by atoms with Crippen LogP contribution in [0.1, 0.15) is 12.0 Å². The minimum atomic E-state index is 0. The SMILES string of the molecule is CNCCC(=O)NCc1ccc2c(c1)OCO2.Cl. The van der Waals surface area contributed by atoms with E-state index in [0.717, 1.165) is 17.1 Å². The average molecular weight is 273 g/mol. The summed E-state index contributed by atoms with van der Waals surface area (Å²) >= 11 is 0. The van der Waals surface area contributed by atoms with E-state index in [2.05, 4.69) is 10.6 Å². The first-order valence-corrected chi connectivity index (χ1v) is 5.59. The molecule has 18 heavy (non-hydrogen) atoms. The lowest BCUT2D eigenvalue weighted by atomic mass is 10.2. The molecular formula is C12H17ClN2O3. The van der Waals surface area contributed by atoms with Crippen molar-refractivity contribution in [2.45, 2.75) is 13.0 Å². The van der Waals surface area contributed by atoms with Gasteiger partial charge in [0.15, 0.2) is 11.5 Å². The Morgan fingerprint density at radius 1 is 1.33 bits per heavy atom. The Bertz CT molecular complexity index is 412. The molecule has 1 aliphatic heterocycles. The first-order chi connectivity index (χ1) is 8.29. The first kappa shape index (κ1) is 14.6. The molecule has 0 aromatic heterocycles. The van der Waals surface area contributed by atoms with Crippen molar-refractivity contribution in [2.24, 2.45) is 0 Å². The third kappa shape index (κ3) is 3.78. The maximum Gasteiger partial charge on any atom is 0.231 e. The van der Waals surface area contributed by atoms with Gasteiger partial charge in [0.1, 0.15) is 0 Å². The van der Waals surface area contributed by atoms with Gasteiger partial charge >= 0.3 is 0 Å². The molecule has 1 heterocycles. The molecule has 2 N–H and O–H groups in total. The molecule has 1 aromatic rings. The molecule has 0 saturated heterocycles. The highest BCUT2D eigenvalue weighted by atomic mass is 35.5. The third-order valence-corrected chi connectivity index (χ3v) is 2.53. The van der Waals surface area contributed by atoms with E-state index in [0.29, 0.717) is 19.5 Å². The molecule has 0 aliphatic carbocycles. The van der Waals surface area contributed by atoms with Crippen molar-refractivity contribution in [3.8, 4) is 11.5 Å². The Morgan fingerprint density at radius 3 is 2.89 bits per heavy atom. The molecule has 0 spiro atoms. The first-order valence-electron chi connectivity index (χ1n) is 5.59. The zero-order valence-corrected chi connectivity index (χ0v) is 11.0. The number of rotatable bonds is 5. The molecule has 6 heteroatoms. The number of amides is 1. The van der Waals surface area contributed by atoms with Gasteiger partial charge in [-0.05, 0) is 24.7 Å². The molecule has 0 unspecified atom stereocenters. The summed E-state index contributed by atoms with van der Waals surface area (Å²) in [7, 11) is 1.82. The van der Waals surface area contributed by atoms with Gasteiger partial charge in [0, 0.05) is 19.5 Å². The van der Waals surface area contributed by atoms with E-state index in [-0.39, 0.29) is 25.1 Å². The molecule has 5 nitrogen and oxygen atoms in total. The van der Waals surface area contributed by atoms with Gasteiger partial charge in [0.05, 0.1) is 0 Å². The number of hydrogen-bond acceptors (Lipinski definition) is 4. The summed E-state index contributed by atoms with van der Waals surface area (Å²) in [6.45, 7) is 1.47. The van der Waals surface area contributed by atoms with Crippen molar-refractivity contribution in [2.75, 3.05) is 20.4 Å². The van der Waals surface area contributed by atoms with Gasteiger partial charge in [-0.15, -0.1) is 12.4 Å². The molecule has 0 bridgehead atoms. The number of carbonyl (C=O) groups is 1. The van der Waals surface area contributed by atoms with Crippen molar-refractivity contribution in [3.05, 3.63) is 23.8 Å². The molecule has 1 amide bonds. The second-order valence-corrected chi connectivity index (χ2v) is 3.82. The quantitative estimate of drug-likeness (QED) is 0.842. The van der Waals surface area contributed by atoms with E-state index in [1.54, 1.807) is 0 Å². The third-order valence-electron chi connectivity index (χ3n) is 2.53. The lowest BCUT2D eigenvalue weighted by Gasteiger charge is -2.06. The van der Waals surface area contributed by atoms with Gasteiger partial charge in [-0.25, -0.2) is 0 Å². The number of benzene rings is 1.